The Morgan fingerprint density at radius 3 is 2.48 bits per heavy atom. The van der Waals surface area contributed by atoms with Gasteiger partial charge in [-0.3, -0.25) is 4.90 Å². The van der Waals surface area contributed by atoms with Crippen LogP contribution in [-0.4, -0.2) is 51.5 Å². The number of carbonyl (C=O) groups is 1. The molecule has 0 unspecified atom stereocenters. The number of halogens is 3. The lowest BCUT2D eigenvalue weighted by atomic mass is 9.80. The molecule has 3 N–H and O–H groups in total. The second-order valence-electron chi connectivity index (χ2n) is 6.43. The maximum atomic E-state index is 10.6. The molecule has 0 spiro atoms. The number of hydrogen-bond donors (Lipinski definition) is 3. The van der Waals surface area contributed by atoms with Gasteiger partial charge in [-0.25, -0.2) is 4.79 Å². The molecule has 0 saturated carbocycles. The van der Waals surface area contributed by atoms with E-state index in [0.29, 0.717) is 12.0 Å². The van der Waals surface area contributed by atoms with Crippen LogP contribution in [0.15, 0.2) is 12.1 Å². The van der Waals surface area contributed by atoms with Crippen LogP contribution in [0.1, 0.15) is 30.9 Å². The van der Waals surface area contributed by atoms with Gasteiger partial charge in [0.15, 0.2) is 11.5 Å². The zero-order valence-corrected chi connectivity index (χ0v) is 13.9. The lowest BCUT2D eigenvalue weighted by Gasteiger charge is -2.33. The molecule has 8 heteroatoms. The number of phenols is 2. The zero-order chi connectivity index (χ0) is 18.8. The van der Waals surface area contributed by atoms with Gasteiger partial charge in [0, 0.05) is 11.6 Å². The van der Waals surface area contributed by atoms with Crippen molar-refractivity contribution in [3.8, 4) is 11.5 Å². The number of carboxylic acid groups (broad SMARTS) is 1. The van der Waals surface area contributed by atoms with Crippen LogP contribution in [0.5, 0.6) is 11.5 Å². The van der Waals surface area contributed by atoms with Gasteiger partial charge in [0.25, 0.3) is 0 Å². The number of aliphatic carboxylic acids is 1. The molecule has 1 aromatic rings. The smallest absolute Gasteiger partial charge is 0.490 e. The predicted molar refractivity (Wildman–Crippen MR) is 84.6 cm³/mol. The lowest BCUT2D eigenvalue weighted by molar-refractivity contribution is -0.192. The van der Waals surface area contributed by atoms with Gasteiger partial charge in [-0.05, 0) is 56.3 Å². The second-order valence-corrected chi connectivity index (χ2v) is 6.43. The van der Waals surface area contributed by atoms with E-state index in [9.17, 15) is 23.4 Å². The molecule has 5 nitrogen and oxygen atoms in total. The monoisotopic (exact) mass is 361 g/mol. The summed E-state index contributed by atoms with van der Waals surface area (Å²) in [6.45, 7) is 4.60. The van der Waals surface area contributed by atoms with Crippen LogP contribution >= 0.6 is 0 Å². The van der Waals surface area contributed by atoms with Crippen molar-refractivity contribution in [1.82, 2.24) is 4.90 Å². The van der Waals surface area contributed by atoms with E-state index in [0.717, 1.165) is 18.4 Å². The number of phenolic OH excluding ortho intramolecular Hbond substituents is 2. The van der Waals surface area contributed by atoms with Crippen molar-refractivity contribution in [2.45, 2.75) is 44.8 Å². The number of carboxylic acids is 1. The van der Waals surface area contributed by atoms with Gasteiger partial charge in [0.1, 0.15) is 0 Å². The zero-order valence-electron chi connectivity index (χ0n) is 13.9. The van der Waals surface area contributed by atoms with Crippen LogP contribution in [0.3, 0.4) is 0 Å². The van der Waals surface area contributed by atoms with Gasteiger partial charge in [0.2, 0.25) is 0 Å². The molecule has 0 bridgehead atoms. The molecule has 1 aromatic carbocycles. The molecule has 0 aromatic heterocycles. The summed E-state index contributed by atoms with van der Waals surface area (Å²) >= 11 is 0. The highest BCUT2D eigenvalue weighted by Gasteiger charge is 2.39. The van der Waals surface area contributed by atoms with Crippen molar-refractivity contribution < 1.29 is 33.3 Å². The highest BCUT2D eigenvalue weighted by molar-refractivity contribution is 5.73. The minimum absolute atomic E-state index is 0.0237. The number of hydrogen-bond acceptors (Lipinski definition) is 4. The van der Waals surface area contributed by atoms with Gasteiger partial charge < -0.3 is 15.3 Å². The fourth-order valence-electron chi connectivity index (χ4n) is 3.66. The number of alkyl halides is 3. The molecule has 1 saturated heterocycles. The van der Waals surface area contributed by atoms with Crippen molar-refractivity contribution in [1.29, 1.82) is 0 Å². The second kappa shape index (κ2) is 7.51. The Balaban J connectivity index is 0.000000277. The van der Waals surface area contributed by atoms with Crippen molar-refractivity contribution in [3.05, 3.63) is 23.3 Å². The summed E-state index contributed by atoms with van der Waals surface area (Å²) in [6.07, 6.45) is -0.718. The maximum absolute atomic E-state index is 10.6. The van der Waals surface area contributed by atoms with Crippen molar-refractivity contribution in [3.63, 3.8) is 0 Å². The molecule has 1 aliphatic heterocycles. The first kappa shape index (κ1) is 19.4. The summed E-state index contributed by atoms with van der Waals surface area (Å²) in [5.74, 6) is -1.97. The first-order chi connectivity index (χ1) is 11.6. The molecule has 1 aliphatic carbocycles. The minimum atomic E-state index is -5.08. The van der Waals surface area contributed by atoms with E-state index < -0.39 is 12.1 Å². The molecule has 0 radical (unpaired) electrons. The van der Waals surface area contributed by atoms with Gasteiger partial charge in [-0.15, -0.1) is 0 Å². The molecule has 25 heavy (non-hydrogen) atoms. The van der Waals surface area contributed by atoms with Crippen molar-refractivity contribution >= 4 is 5.97 Å². The first-order valence-corrected chi connectivity index (χ1v) is 8.22. The number of rotatable bonds is 2. The summed E-state index contributed by atoms with van der Waals surface area (Å²) in [6, 6.07) is 4.23. The molecule has 140 valence electrons. The highest BCUT2D eigenvalue weighted by atomic mass is 19.4. The molecular formula is C17H22F3NO4. The molecule has 1 fully saturated rings. The molecular weight excluding hydrogens is 339 g/mol. The average molecular weight is 361 g/mol. The van der Waals surface area contributed by atoms with Gasteiger partial charge in [-0.1, -0.05) is 13.0 Å². The standard InChI is InChI=1S/C15H21NO2.C2HF3O2/c1-2-6-16-7-5-11-8-12-10(9-13(11)16)3-4-14(17)15(12)18;3-2(4,5)1(6)7/h3-4,11,13,17-18H,2,5-9H2,1H3;(H,6,7)/t11-,13-;/m1./s1. The van der Waals surface area contributed by atoms with E-state index in [-0.39, 0.29) is 11.5 Å². The summed E-state index contributed by atoms with van der Waals surface area (Å²) < 4.78 is 31.7. The highest BCUT2D eigenvalue weighted by Crippen LogP contribution is 2.42. The van der Waals surface area contributed by atoms with Crippen molar-refractivity contribution in [2.24, 2.45) is 5.92 Å². The van der Waals surface area contributed by atoms with Crippen LogP contribution in [0.4, 0.5) is 13.2 Å². The fourth-order valence-corrected chi connectivity index (χ4v) is 3.66. The Kier molecular flexibility index (Phi) is 5.82. The molecule has 0 amide bonds. The van der Waals surface area contributed by atoms with Crippen LogP contribution in [-0.2, 0) is 17.6 Å². The lowest BCUT2D eigenvalue weighted by Crippen LogP contribution is -2.38. The predicted octanol–water partition coefficient (Wildman–Crippen LogP) is 2.93. The topological polar surface area (TPSA) is 81.0 Å². The van der Waals surface area contributed by atoms with Crippen LogP contribution in [0.25, 0.3) is 0 Å². The number of benzene rings is 1. The molecule has 2 aliphatic rings. The number of fused-ring (bicyclic) bond motifs is 2. The Hall–Kier alpha value is -1.96. The van der Waals surface area contributed by atoms with Crippen LogP contribution in [0.2, 0.25) is 0 Å². The van der Waals surface area contributed by atoms with E-state index in [1.807, 2.05) is 6.07 Å². The fraction of sp³-hybridized carbons (Fsp3) is 0.588. The van der Waals surface area contributed by atoms with E-state index in [2.05, 4.69) is 11.8 Å². The summed E-state index contributed by atoms with van der Waals surface area (Å²) in [5, 5.41) is 26.7. The van der Waals surface area contributed by atoms with Crippen LogP contribution < -0.4 is 0 Å². The van der Waals surface area contributed by atoms with Gasteiger partial charge >= 0.3 is 12.1 Å². The summed E-state index contributed by atoms with van der Waals surface area (Å²) in [4.78, 5) is 11.5. The largest absolute Gasteiger partial charge is 0.504 e. The molecule has 1 heterocycles. The maximum Gasteiger partial charge on any atom is 0.490 e. The quantitative estimate of drug-likeness (QED) is 0.706. The summed E-state index contributed by atoms with van der Waals surface area (Å²) in [7, 11) is 0. The average Bonchev–Trinajstić information content (AvgIpc) is 2.92. The Morgan fingerprint density at radius 1 is 1.28 bits per heavy atom. The Labute approximate surface area is 143 Å². The molecule has 3 rings (SSSR count). The summed E-state index contributed by atoms with van der Waals surface area (Å²) in [5.41, 5.74) is 2.20. The normalized spacial score (nSPS) is 22.6. The van der Waals surface area contributed by atoms with Gasteiger partial charge in [0.05, 0.1) is 0 Å². The van der Waals surface area contributed by atoms with E-state index >= 15 is 0 Å². The first-order valence-electron chi connectivity index (χ1n) is 8.22. The minimum Gasteiger partial charge on any atom is -0.504 e. The Bertz CT molecular complexity index is 633. The van der Waals surface area contributed by atoms with E-state index in [1.54, 1.807) is 6.07 Å². The third-order valence-corrected chi connectivity index (χ3v) is 4.81. The Morgan fingerprint density at radius 2 is 1.92 bits per heavy atom. The third kappa shape index (κ3) is 4.36. The SMILES string of the molecule is CCCN1CC[C@@H]2Cc3c(ccc(O)c3O)C[C@H]21.O=C(O)C(F)(F)F. The number of nitrogens with zero attached hydrogens (tertiary/aromatic N) is 1. The van der Waals surface area contributed by atoms with Gasteiger partial charge in [-0.2, -0.15) is 13.2 Å². The number of aromatic hydroxyl groups is 2. The number of likely N-dealkylation sites (tertiary alicyclic amines) is 1. The van der Waals surface area contributed by atoms with Crippen LogP contribution in [0, 0.1) is 5.92 Å². The van der Waals surface area contributed by atoms with Crippen molar-refractivity contribution in [2.75, 3.05) is 13.1 Å². The molecule has 2 atom stereocenters. The third-order valence-electron chi connectivity index (χ3n) is 4.81. The van der Waals surface area contributed by atoms with E-state index in [1.165, 1.54) is 31.5 Å². The van der Waals surface area contributed by atoms with E-state index in [4.69, 9.17) is 9.90 Å².